The van der Waals surface area contributed by atoms with Gasteiger partial charge >= 0.3 is 0 Å². The van der Waals surface area contributed by atoms with Crippen molar-refractivity contribution in [2.45, 2.75) is 25.3 Å². The van der Waals surface area contributed by atoms with Crippen LogP contribution in [-0.2, 0) is 0 Å². The minimum absolute atomic E-state index is 0.0171. The molecular weight excluding hydrogens is 174 g/mol. The first-order chi connectivity index (χ1) is 6.73. The highest BCUT2D eigenvalue weighted by Gasteiger charge is 2.32. The van der Waals surface area contributed by atoms with Gasteiger partial charge in [-0.05, 0) is 25.0 Å². The molecule has 0 spiro atoms. The number of hydrogen-bond donors (Lipinski definition) is 1. The van der Waals surface area contributed by atoms with Gasteiger partial charge in [-0.2, -0.15) is 0 Å². The summed E-state index contributed by atoms with van der Waals surface area (Å²) >= 11 is 0. The molecule has 1 aromatic heterocycles. The van der Waals surface area contributed by atoms with Crippen molar-refractivity contribution in [3.05, 3.63) is 24.5 Å². The largest absolute Gasteiger partial charge is 0.370 e. The van der Waals surface area contributed by atoms with E-state index in [0.29, 0.717) is 0 Å². The SMILES string of the molecule is CC[C@]1(N)CCN(c2ccncc2)C1. The third kappa shape index (κ3) is 1.73. The van der Waals surface area contributed by atoms with Crippen molar-refractivity contribution in [1.29, 1.82) is 0 Å². The van der Waals surface area contributed by atoms with Crippen LogP contribution < -0.4 is 10.6 Å². The molecular formula is C11H17N3. The molecule has 0 bridgehead atoms. The van der Waals surface area contributed by atoms with Gasteiger partial charge in [0.15, 0.2) is 0 Å². The second kappa shape index (κ2) is 3.58. The molecule has 1 atom stereocenters. The van der Waals surface area contributed by atoms with Gasteiger partial charge < -0.3 is 10.6 Å². The molecule has 0 aromatic carbocycles. The van der Waals surface area contributed by atoms with Crippen molar-refractivity contribution in [2.75, 3.05) is 18.0 Å². The third-order valence-corrected chi connectivity index (χ3v) is 3.12. The molecule has 76 valence electrons. The van der Waals surface area contributed by atoms with Gasteiger partial charge in [0.1, 0.15) is 0 Å². The van der Waals surface area contributed by atoms with Crippen molar-refractivity contribution >= 4 is 5.69 Å². The number of aromatic nitrogens is 1. The summed E-state index contributed by atoms with van der Waals surface area (Å²) in [5.41, 5.74) is 7.48. The average molecular weight is 191 g/mol. The monoisotopic (exact) mass is 191 g/mol. The quantitative estimate of drug-likeness (QED) is 0.768. The molecule has 0 radical (unpaired) electrons. The van der Waals surface area contributed by atoms with E-state index in [1.165, 1.54) is 5.69 Å². The molecule has 1 aliphatic heterocycles. The maximum atomic E-state index is 6.23. The van der Waals surface area contributed by atoms with E-state index in [1.54, 1.807) is 0 Å². The van der Waals surface area contributed by atoms with Gasteiger partial charge in [0.25, 0.3) is 0 Å². The Bertz CT molecular complexity index is 299. The third-order valence-electron chi connectivity index (χ3n) is 3.12. The van der Waals surface area contributed by atoms with Crippen molar-refractivity contribution in [3.8, 4) is 0 Å². The minimum atomic E-state index is 0.0171. The van der Waals surface area contributed by atoms with Crippen LogP contribution in [0.5, 0.6) is 0 Å². The van der Waals surface area contributed by atoms with E-state index >= 15 is 0 Å². The summed E-state index contributed by atoms with van der Waals surface area (Å²) in [6.07, 6.45) is 5.80. The highest BCUT2D eigenvalue weighted by Crippen LogP contribution is 2.26. The molecule has 3 heteroatoms. The van der Waals surface area contributed by atoms with Gasteiger partial charge in [-0.25, -0.2) is 0 Å². The number of nitrogens with two attached hydrogens (primary N) is 1. The molecule has 3 nitrogen and oxygen atoms in total. The van der Waals surface area contributed by atoms with Gasteiger partial charge in [0, 0.05) is 36.7 Å². The van der Waals surface area contributed by atoms with Crippen LogP contribution in [-0.4, -0.2) is 23.6 Å². The Morgan fingerprint density at radius 1 is 1.50 bits per heavy atom. The van der Waals surface area contributed by atoms with E-state index < -0.39 is 0 Å². The molecule has 2 rings (SSSR count). The fraction of sp³-hybridized carbons (Fsp3) is 0.545. The lowest BCUT2D eigenvalue weighted by Crippen LogP contribution is -2.41. The van der Waals surface area contributed by atoms with Gasteiger partial charge in [-0.3, -0.25) is 4.98 Å². The Hall–Kier alpha value is -1.09. The van der Waals surface area contributed by atoms with E-state index in [1.807, 2.05) is 24.5 Å². The normalized spacial score (nSPS) is 26.9. The summed E-state index contributed by atoms with van der Waals surface area (Å²) in [7, 11) is 0. The second-order valence-electron chi connectivity index (χ2n) is 4.09. The van der Waals surface area contributed by atoms with Crippen molar-refractivity contribution in [2.24, 2.45) is 5.73 Å². The topological polar surface area (TPSA) is 42.1 Å². The molecule has 1 aromatic rings. The molecule has 0 unspecified atom stereocenters. The molecule has 1 aliphatic rings. The van der Waals surface area contributed by atoms with Crippen molar-refractivity contribution < 1.29 is 0 Å². The number of anilines is 1. The summed E-state index contributed by atoms with van der Waals surface area (Å²) in [5.74, 6) is 0. The highest BCUT2D eigenvalue weighted by molar-refractivity contribution is 5.46. The average Bonchev–Trinajstić information content (AvgIpc) is 2.63. The summed E-state index contributed by atoms with van der Waals surface area (Å²) in [6, 6.07) is 4.09. The summed E-state index contributed by atoms with van der Waals surface area (Å²) in [6.45, 7) is 4.19. The zero-order valence-electron chi connectivity index (χ0n) is 8.61. The lowest BCUT2D eigenvalue weighted by molar-refractivity contribution is 0.456. The number of nitrogens with zero attached hydrogens (tertiary/aromatic N) is 2. The Kier molecular flexibility index (Phi) is 2.42. The van der Waals surface area contributed by atoms with Gasteiger partial charge in [0.05, 0.1) is 0 Å². The summed E-state index contributed by atoms with van der Waals surface area (Å²) < 4.78 is 0. The van der Waals surface area contributed by atoms with E-state index in [2.05, 4.69) is 16.8 Å². The molecule has 0 saturated carbocycles. The predicted octanol–water partition coefficient (Wildman–Crippen LogP) is 1.40. The molecule has 2 heterocycles. The molecule has 14 heavy (non-hydrogen) atoms. The molecule has 0 aliphatic carbocycles. The van der Waals surface area contributed by atoms with E-state index in [-0.39, 0.29) is 5.54 Å². The van der Waals surface area contributed by atoms with Crippen LogP contribution in [0.15, 0.2) is 24.5 Å². The lowest BCUT2D eigenvalue weighted by atomic mass is 9.97. The van der Waals surface area contributed by atoms with Gasteiger partial charge in [-0.15, -0.1) is 0 Å². The van der Waals surface area contributed by atoms with Crippen LogP contribution in [0.2, 0.25) is 0 Å². The lowest BCUT2D eigenvalue weighted by Gasteiger charge is -2.23. The van der Waals surface area contributed by atoms with Crippen LogP contribution in [0.3, 0.4) is 0 Å². The van der Waals surface area contributed by atoms with Crippen LogP contribution in [0.1, 0.15) is 19.8 Å². The van der Waals surface area contributed by atoms with E-state index in [9.17, 15) is 0 Å². The first-order valence-electron chi connectivity index (χ1n) is 5.17. The summed E-state index contributed by atoms with van der Waals surface area (Å²) in [5, 5.41) is 0. The zero-order valence-corrected chi connectivity index (χ0v) is 8.61. The fourth-order valence-corrected chi connectivity index (χ4v) is 1.96. The smallest absolute Gasteiger partial charge is 0.0397 e. The number of pyridine rings is 1. The Morgan fingerprint density at radius 3 is 2.79 bits per heavy atom. The molecule has 1 fully saturated rings. The standard InChI is InChI=1S/C11H17N3/c1-2-11(12)5-8-14(9-11)10-3-6-13-7-4-10/h3-4,6-7H,2,5,8-9,12H2,1H3/t11-/m0/s1. The fourth-order valence-electron chi connectivity index (χ4n) is 1.96. The maximum absolute atomic E-state index is 6.23. The Morgan fingerprint density at radius 2 is 2.21 bits per heavy atom. The predicted molar refractivity (Wildman–Crippen MR) is 58.3 cm³/mol. The molecule has 2 N–H and O–H groups in total. The number of hydrogen-bond acceptors (Lipinski definition) is 3. The van der Waals surface area contributed by atoms with Crippen LogP contribution in [0.4, 0.5) is 5.69 Å². The Labute approximate surface area is 84.9 Å². The second-order valence-corrected chi connectivity index (χ2v) is 4.09. The van der Waals surface area contributed by atoms with Crippen molar-refractivity contribution in [3.63, 3.8) is 0 Å². The van der Waals surface area contributed by atoms with Crippen LogP contribution >= 0.6 is 0 Å². The highest BCUT2D eigenvalue weighted by atomic mass is 15.2. The molecule has 1 saturated heterocycles. The first kappa shape index (κ1) is 9.46. The van der Waals surface area contributed by atoms with Crippen molar-refractivity contribution in [1.82, 2.24) is 4.98 Å². The van der Waals surface area contributed by atoms with E-state index in [0.717, 1.165) is 25.9 Å². The first-order valence-corrected chi connectivity index (χ1v) is 5.17. The van der Waals surface area contributed by atoms with E-state index in [4.69, 9.17) is 5.73 Å². The van der Waals surface area contributed by atoms with Crippen LogP contribution in [0.25, 0.3) is 0 Å². The van der Waals surface area contributed by atoms with Gasteiger partial charge in [-0.1, -0.05) is 6.92 Å². The van der Waals surface area contributed by atoms with Gasteiger partial charge in [0.2, 0.25) is 0 Å². The summed E-state index contributed by atoms with van der Waals surface area (Å²) in [4.78, 5) is 6.35. The molecule has 0 amide bonds. The van der Waals surface area contributed by atoms with Crippen LogP contribution in [0, 0.1) is 0 Å². The Balaban J connectivity index is 2.10. The maximum Gasteiger partial charge on any atom is 0.0397 e. The number of rotatable bonds is 2. The zero-order chi connectivity index (χ0) is 10.0. The minimum Gasteiger partial charge on any atom is -0.370 e.